The molecule has 0 aliphatic heterocycles. The van der Waals surface area contributed by atoms with Crippen LogP contribution < -0.4 is 0 Å². The Bertz CT molecular complexity index is 981. The number of aliphatic hydroxyl groups excluding tert-OH is 1. The van der Waals surface area contributed by atoms with Crippen molar-refractivity contribution in [2.45, 2.75) is 52.2 Å². The van der Waals surface area contributed by atoms with Crippen LogP contribution in [0.15, 0.2) is 91.0 Å². The number of aliphatic hydroxyl groups is 1. The Kier molecular flexibility index (Phi) is 8.68. The molecule has 0 amide bonds. The van der Waals surface area contributed by atoms with Crippen molar-refractivity contribution in [2.24, 2.45) is 5.41 Å². The van der Waals surface area contributed by atoms with Crippen LogP contribution in [0.5, 0.6) is 0 Å². The number of benzene rings is 3. The second-order valence-electron chi connectivity index (χ2n) is 9.33. The minimum atomic E-state index is -0.119. The maximum Gasteiger partial charge on any atom is 0.0726 e. The molecule has 2 heteroatoms. The largest absolute Gasteiger partial charge is 0.394 e. The van der Waals surface area contributed by atoms with E-state index in [4.69, 9.17) is 0 Å². The number of hydrogen-bond acceptors (Lipinski definition) is 2. The molecule has 0 aliphatic rings. The van der Waals surface area contributed by atoms with Gasteiger partial charge in [0.05, 0.1) is 18.7 Å². The standard InChI is InChI=1S/C30H35NO/c1-30(2,3)22-21-28(20-19-25-13-7-4-8-14-25)31(23-26-15-9-5-10-16-26)29(24-32)27-17-11-6-12-18-27/h4-18,28-29,32H,19-20,23-24H2,1-3H3/t28-,29+/m1/s1. The van der Waals surface area contributed by atoms with Gasteiger partial charge in [-0.1, -0.05) is 103 Å². The van der Waals surface area contributed by atoms with Crippen LogP contribution in [-0.2, 0) is 13.0 Å². The summed E-state index contributed by atoms with van der Waals surface area (Å²) in [6.45, 7) is 7.23. The zero-order valence-corrected chi connectivity index (χ0v) is 19.5. The summed E-state index contributed by atoms with van der Waals surface area (Å²) in [7, 11) is 0. The molecule has 3 rings (SSSR count). The molecule has 0 aliphatic carbocycles. The first kappa shape index (κ1) is 23.8. The molecular formula is C30H35NO. The smallest absolute Gasteiger partial charge is 0.0726 e. The van der Waals surface area contributed by atoms with Crippen molar-refractivity contribution in [3.63, 3.8) is 0 Å². The lowest BCUT2D eigenvalue weighted by molar-refractivity contribution is 0.0920. The first-order chi connectivity index (χ1) is 15.5. The zero-order chi connectivity index (χ0) is 22.8. The molecule has 1 N–H and O–H groups in total. The molecule has 3 aromatic rings. The summed E-state index contributed by atoms with van der Waals surface area (Å²) in [4.78, 5) is 2.38. The first-order valence-corrected chi connectivity index (χ1v) is 11.5. The number of hydrogen-bond donors (Lipinski definition) is 1. The Morgan fingerprint density at radius 1 is 0.781 bits per heavy atom. The molecule has 0 saturated carbocycles. The molecule has 2 atom stereocenters. The monoisotopic (exact) mass is 425 g/mol. The van der Waals surface area contributed by atoms with Crippen LogP contribution in [0, 0.1) is 17.3 Å². The lowest BCUT2D eigenvalue weighted by Gasteiger charge is -2.36. The van der Waals surface area contributed by atoms with Crippen LogP contribution in [-0.4, -0.2) is 22.7 Å². The second-order valence-corrected chi connectivity index (χ2v) is 9.33. The van der Waals surface area contributed by atoms with Gasteiger partial charge in [-0.2, -0.15) is 0 Å². The number of nitrogens with zero attached hydrogens (tertiary/aromatic N) is 1. The maximum atomic E-state index is 10.5. The highest BCUT2D eigenvalue weighted by molar-refractivity contribution is 5.24. The number of rotatable bonds is 9. The van der Waals surface area contributed by atoms with E-state index in [1.54, 1.807) is 0 Å². The fourth-order valence-electron chi connectivity index (χ4n) is 3.88. The van der Waals surface area contributed by atoms with E-state index in [1.807, 2.05) is 24.3 Å². The highest BCUT2D eigenvalue weighted by Crippen LogP contribution is 2.27. The Morgan fingerprint density at radius 2 is 1.31 bits per heavy atom. The highest BCUT2D eigenvalue weighted by Gasteiger charge is 2.27. The Hall–Kier alpha value is -2.86. The molecule has 0 bridgehead atoms. The van der Waals surface area contributed by atoms with E-state index in [2.05, 4.69) is 104 Å². The van der Waals surface area contributed by atoms with Gasteiger partial charge in [0.2, 0.25) is 0 Å². The molecule has 0 fully saturated rings. The van der Waals surface area contributed by atoms with Gasteiger partial charge in [0.15, 0.2) is 0 Å². The second kappa shape index (κ2) is 11.7. The maximum absolute atomic E-state index is 10.5. The molecule has 32 heavy (non-hydrogen) atoms. The Morgan fingerprint density at radius 3 is 1.84 bits per heavy atom. The van der Waals surface area contributed by atoms with Crippen LogP contribution in [0.25, 0.3) is 0 Å². The van der Waals surface area contributed by atoms with Gasteiger partial charge in [-0.05, 0) is 50.3 Å². The van der Waals surface area contributed by atoms with E-state index in [9.17, 15) is 5.11 Å². The summed E-state index contributed by atoms with van der Waals surface area (Å²) in [5.74, 6) is 7.08. The van der Waals surface area contributed by atoms with Crippen LogP contribution >= 0.6 is 0 Å². The predicted molar refractivity (Wildman–Crippen MR) is 134 cm³/mol. The molecule has 2 nitrogen and oxygen atoms in total. The summed E-state index contributed by atoms with van der Waals surface area (Å²) < 4.78 is 0. The van der Waals surface area contributed by atoms with Crippen molar-refractivity contribution in [3.05, 3.63) is 108 Å². The summed E-state index contributed by atoms with van der Waals surface area (Å²) in [6, 6.07) is 31.3. The van der Waals surface area contributed by atoms with Crippen LogP contribution in [0.4, 0.5) is 0 Å². The van der Waals surface area contributed by atoms with E-state index in [-0.39, 0.29) is 24.1 Å². The summed E-state index contributed by atoms with van der Waals surface area (Å²) in [5.41, 5.74) is 3.58. The molecule has 0 heterocycles. The van der Waals surface area contributed by atoms with E-state index < -0.39 is 0 Å². The average Bonchev–Trinajstić information content (AvgIpc) is 2.80. The lowest BCUT2D eigenvalue weighted by Crippen LogP contribution is -2.39. The van der Waals surface area contributed by atoms with Crippen molar-refractivity contribution in [2.75, 3.05) is 6.61 Å². The Labute approximate surface area is 193 Å². The van der Waals surface area contributed by atoms with Gasteiger partial charge in [0.25, 0.3) is 0 Å². The van der Waals surface area contributed by atoms with E-state index in [1.165, 1.54) is 11.1 Å². The van der Waals surface area contributed by atoms with Crippen molar-refractivity contribution >= 4 is 0 Å². The summed E-state index contributed by atoms with van der Waals surface area (Å²) >= 11 is 0. The van der Waals surface area contributed by atoms with Gasteiger partial charge in [0, 0.05) is 12.0 Å². The van der Waals surface area contributed by atoms with Gasteiger partial charge >= 0.3 is 0 Å². The fraction of sp³-hybridized carbons (Fsp3) is 0.333. The molecule has 0 aromatic heterocycles. The normalized spacial score (nSPS) is 13.3. The Balaban J connectivity index is 1.98. The molecule has 166 valence electrons. The summed E-state index contributed by atoms with van der Waals surface area (Å²) in [5, 5.41) is 10.5. The first-order valence-electron chi connectivity index (χ1n) is 11.5. The third-order valence-electron chi connectivity index (χ3n) is 5.53. The van der Waals surface area contributed by atoms with Crippen molar-refractivity contribution in [3.8, 4) is 11.8 Å². The fourth-order valence-corrected chi connectivity index (χ4v) is 3.88. The molecule has 0 spiro atoms. The molecule has 0 radical (unpaired) electrons. The van der Waals surface area contributed by atoms with Gasteiger partial charge in [-0.15, -0.1) is 0 Å². The van der Waals surface area contributed by atoms with Crippen LogP contribution in [0.3, 0.4) is 0 Å². The third-order valence-corrected chi connectivity index (χ3v) is 5.53. The predicted octanol–water partition coefficient (Wildman–Crippen LogP) is 6.27. The van der Waals surface area contributed by atoms with Gasteiger partial charge in [0.1, 0.15) is 0 Å². The van der Waals surface area contributed by atoms with E-state index in [0.717, 1.165) is 24.9 Å². The van der Waals surface area contributed by atoms with E-state index in [0.29, 0.717) is 0 Å². The summed E-state index contributed by atoms with van der Waals surface area (Å²) in [6.07, 6.45) is 1.85. The lowest BCUT2D eigenvalue weighted by atomic mass is 9.94. The highest BCUT2D eigenvalue weighted by atomic mass is 16.3. The number of aryl methyl sites for hydroxylation is 1. The molecular weight excluding hydrogens is 390 g/mol. The zero-order valence-electron chi connectivity index (χ0n) is 19.5. The molecule has 3 aromatic carbocycles. The van der Waals surface area contributed by atoms with Gasteiger partial charge in [-0.25, -0.2) is 0 Å². The SMILES string of the molecule is CC(C)(C)C#C[C@@H](CCc1ccccc1)N(Cc1ccccc1)[C@@H](CO)c1ccccc1. The van der Waals surface area contributed by atoms with Crippen molar-refractivity contribution in [1.29, 1.82) is 0 Å². The quantitative estimate of drug-likeness (QED) is 0.408. The average molecular weight is 426 g/mol. The van der Waals surface area contributed by atoms with Gasteiger partial charge < -0.3 is 5.11 Å². The minimum Gasteiger partial charge on any atom is -0.394 e. The van der Waals surface area contributed by atoms with Crippen molar-refractivity contribution < 1.29 is 5.11 Å². The van der Waals surface area contributed by atoms with Crippen LogP contribution in [0.1, 0.15) is 49.9 Å². The van der Waals surface area contributed by atoms with Crippen molar-refractivity contribution in [1.82, 2.24) is 4.90 Å². The topological polar surface area (TPSA) is 23.5 Å². The minimum absolute atomic E-state index is 0.0204. The third kappa shape index (κ3) is 7.38. The molecule has 0 unspecified atom stereocenters. The molecule has 0 saturated heterocycles. The van der Waals surface area contributed by atoms with Gasteiger partial charge in [-0.3, -0.25) is 4.90 Å². The van der Waals surface area contributed by atoms with E-state index >= 15 is 0 Å². The van der Waals surface area contributed by atoms with Crippen LogP contribution in [0.2, 0.25) is 0 Å².